The second-order valence-electron chi connectivity index (χ2n) is 5.36. The molecule has 0 amide bonds. The zero-order chi connectivity index (χ0) is 13.1. The molecule has 18 heavy (non-hydrogen) atoms. The number of halogens is 1. The van der Waals surface area contributed by atoms with Gasteiger partial charge in [-0.1, -0.05) is 19.1 Å². The lowest BCUT2D eigenvalue weighted by Crippen LogP contribution is -2.32. The third kappa shape index (κ3) is 2.73. The van der Waals surface area contributed by atoms with E-state index in [1.165, 1.54) is 6.07 Å². The Hall–Kier alpha value is -0.930. The zero-order valence-corrected chi connectivity index (χ0v) is 11.3. The molecule has 0 bridgehead atoms. The summed E-state index contributed by atoms with van der Waals surface area (Å²) in [5, 5.41) is 0. The molecule has 0 aromatic heterocycles. The van der Waals surface area contributed by atoms with Crippen molar-refractivity contribution in [2.24, 2.45) is 11.7 Å². The van der Waals surface area contributed by atoms with E-state index in [2.05, 4.69) is 18.7 Å². The van der Waals surface area contributed by atoms with Crippen LogP contribution in [0.15, 0.2) is 24.3 Å². The Kier molecular flexibility index (Phi) is 4.36. The van der Waals surface area contributed by atoms with E-state index >= 15 is 0 Å². The monoisotopic (exact) mass is 250 g/mol. The highest BCUT2D eigenvalue weighted by Gasteiger charge is 2.33. The molecule has 1 aliphatic heterocycles. The molecule has 1 aromatic carbocycles. The van der Waals surface area contributed by atoms with Crippen molar-refractivity contribution in [1.29, 1.82) is 0 Å². The number of rotatable bonds is 4. The standard InChI is InChI=1S/C15H23FN2/c1-3-15(13-5-4-6-14(16)8-13)18-10-12(9-17)7-11(18)2/h4-6,8,11-12,15H,3,7,9-10,17H2,1-2H3. The minimum absolute atomic E-state index is 0.145. The Bertz CT molecular complexity index is 394. The molecule has 0 radical (unpaired) electrons. The number of hydrogen-bond donors (Lipinski definition) is 1. The van der Waals surface area contributed by atoms with Crippen LogP contribution in [0.2, 0.25) is 0 Å². The topological polar surface area (TPSA) is 29.3 Å². The average Bonchev–Trinajstić information content (AvgIpc) is 2.72. The Morgan fingerprint density at radius 3 is 2.83 bits per heavy atom. The first-order valence-electron chi connectivity index (χ1n) is 6.87. The van der Waals surface area contributed by atoms with Crippen LogP contribution in [0.4, 0.5) is 4.39 Å². The molecule has 1 heterocycles. The molecule has 2 N–H and O–H groups in total. The average molecular weight is 250 g/mol. The van der Waals surface area contributed by atoms with Crippen LogP contribution in [0.3, 0.4) is 0 Å². The van der Waals surface area contributed by atoms with E-state index in [1.807, 2.05) is 6.07 Å². The van der Waals surface area contributed by atoms with Gasteiger partial charge >= 0.3 is 0 Å². The molecule has 1 saturated heterocycles. The molecular weight excluding hydrogens is 227 g/mol. The van der Waals surface area contributed by atoms with Gasteiger partial charge in [0.25, 0.3) is 0 Å². The van der Waals surface area contributed by atoms with Crippen LogP contribution in [0.5, 0.6) is 0 Å². The van der Waals surface area contributed by atoms with Crippen LogP contribution in [-0.2, 0) is 0 Å². The lowest BCUT2D eigenvalue weighted by Gasteiger charge is -2.31. The molecule has 3 heteroatoms. The van der Waals surface area contributed by atoms with Gasteiger partial charge in [-0.3, -0.25) is 4.90 Å². The smallest absolute Gasteiger partial charge is 0.123 e. The summed E-state index contributed by atoms with van der Waals surface area (Å²) in [7, 11) is 0. The predicted molar refractivity (Wildman–Crippen MR) is 72.8 cm³/mol. The zero-order valence-electron chi connectivity index (χ0n) is 11.3. The van der Waals surface area contributed by atoms with Crippen molar-refractivity contribution in [3.63, 3.8) is 0 Å². The maximum atomic E-state index is 13.4. The summed E-state index contributed by atoms with van der Waals surface area (Å²) >= 11 is 0. The van der Waals surface area contributed by atoms with Gasteiger partial charge < -0.3 is 5.73 Å². The maximum absolute atomic E-state index is 13.4. The van der Waals surface area contributed by atoms with Gasteiger partial charge in [0.1, 0.15) is 5.82 Å². The minimum Gasteiger partial charge on any atom is -0.330 e. The quantitative estimate of drug-likeness (QED) is 0.890. The highest BCUT2D eigenvalue weighted by molar-refractivity contribution is 5.20. The van der Waals surface area contributed by atoms with Crippen molar-refractivity contribution >= 4 is 0 Å². The molecule has 100 valence electrons. The van der Waals surface area contributed by atoms with Crippen LogP contribution >= 0.6 is 0 Å². The van der Waals surface area contributed by atoms with Gasteiger partial charge in [-0.05, 0) is 49.9 Å². The SMILES string of the molecule is CCC(c1cccc(F)c1)N1CC(CN)CC1C. The summed E-state index contributed by atoms with van der Waals surface area (Å²) in [6.45, 7) is 6.20. The predicted octanol–water partition coefficient (Wildman–Crippen LogP) is 2.95. The Morgan fingerprint density at radius 2 is 2.28 bits per heavy atom. The molecule has 3 unspecified atom stereocenters. The number of nitrogens with zero attached hydrogens (tertiary/aromatic N) is 1. The molecule has 2 rings (SSSR count). The Morgan fingerprint density at radius 1 is 1.50 bits per heavy atom. The second kappa shape index (κ2) is 5.81. The van der Waals surface area contributed by atoms with Gasteiger partial charge in [0.2, 0.25) is 0 Å². The molecule has 3 atom stereocenters. The molecule has 2 nitrogen and oxygen atoms in total. The fraction of sp³-hybridized carbons (Fsp3) is 0.600. The Labute approximate surface area is 109 Å². The van der Waals surface area contributed by atoms with Gasteiger partial charge in [0, 0.05) is 18.6 Å². The fourth-order valence-corrected chi connectivity index (χ4v) is 3.15. The molecule has 1 fully saturated rings. The van der Waals surface area contributed by atoms with E-state index in [-0.39, 0.29) is 5.82 Å². The summed E-state index contributed by atoms with van der Waals surface area (Å²) in [6, 6.07) is 7.84. The van der Waals surface area contributed by atoms with Crippen molar-refractivity contribution < 1.29 is 4.39 Å². The summed E-state index contributed by atoms with van der Waals surface area (Å²) in [5.41, 5.74) is 6.86. The molecule has 0 spiro atoms. The first kappa shape index (κ1) is 13.5. The largest absolute Gasteiger partial charge is 0.330 e. The fourth-order valence-electron chi connectivity index (χ4n) is 3.15. The lowest BCUT2D eigenvalue weighted by atomic mass is 10.0. The third-order valence-corrected chi connectivity index (χ3v) is 4.06. The van der Waals surface area contributed by atoms with E-state index in [4.69, 9.17) is 5.73 Å². The van der Waals surface area contributed by atoms with Crippen molar-refractivity contribution in [1.82, 2.24) is 4.90 Å². The van der Waals surface area contributed by atoms with Gasteiger partial charge in [-0.15, -0.1) is 0 Å². The van der Waals surface area contributed by atoms with Crippen LogP contribution in [0.1, 0.15) is 38.3 Å². The van der Waals surface area contributed by atoms with Crippen molar-refractivity contribution in [3.8, 4) is 0 Å². The molecule has 1 aliphatic rings. The van der Waals surface area contributed by atoms with E-state index < -0.39 is 0 Å². The number of hydrogen-bond acceptors (Lipinski definition) is 2. The van der Waals surface area contributed by atoms with E-state index in [9.17, 15) is 4.39 Å². The van der Waals surface area contributed by atoms with Gasteiger partial charge in [0.15, 0.2) is 0 Å². The summed E-state index contributed by atoms with van der Waals surface area (Å²) in [5.74, 6) is 0.441. The van der Waals surface area contributed by atoms with Gasteiger partial charge in [0.05, 0.1) is 0 Å². The number of benzene rings is 1. The van der Waals surface area contributed by atoms with Crippen LogP contribution in [0.25, 0.3) is 0 Å². The number of likely N-dealkylation sites (tertiary alicyclic amines) is 1. The van der Waals surface area contributed by atoms with Crippen LogP contribution in [0, 0.1) is 11.7 Å². The van der Waals surface area contributed by atoms with E-state index in [0.29, 0.717) is 18.0 Å². The molecule has 1 aromatic rings. The highest BCUT2D eigenvalue weighted by Crippen LogP contribution is 2.33. The Balaban J connectivity index is 2.18. The van der Waals surface area contributed by atoms with Gasteiger partial charge in [-0.25, -0.2) is 4.39 Å². The third-order valence-electron chi connectivity index (χ3n) is 4.06. The maximum Gasteiger partial charge on any atom is 0.123 e. The van der Waals surface area contributed by atoms with Crippen LogP contribution in [-0.4, -0.2) is 24.0 Å². The van der Waals surface area contributed by atoms with Crippen molar-refractivity contribution in [2.75, 3.05) is 13.1 Å². The van der Waals surface area contributed by atoms with Crippen molar-refractivity contribution in [3.05, 3.63) is 35.6 Å². The normalized spacial score (nSPS) is 26.4. The summed E-state index contributed by atoms with van der Waals surface area (Å²) in [6.07, 6.45) is 2.16. The lowest BCUT2D eigenvalue weighted by molar-refractivity contribution is 0.182. The highest BCUT2D eigenvalue weighted by atomic mass is 19.1. The van der Waals surface area contributed by atoms with Crippen LogP contribution < -0.4 is 5.73 Å². The molecule has 0 saturated carbocycles. The number of nitrogens with two attached hydrogens (primary N) is 1. The second-order valence-corrected chi connectivity index (χ2v) is 5.36. The minimum atomic E-state index is -0.145. The first-order valence-corrected chi connectivity index (χ1v) is 6.87. The summed E-state index contributed by atoms with van der Waals surface area (Å²) < 4.78 is 13.4. The van der Waals surface area contributed by atoms with Gasteiger partial charge in [-0.2, -0.15) is 0 Å². The first-order chi connectivity index (χ1) is 8.65. The summed E-state index contributed by atoms with van der Waals surface area (Å²) in [4.78, 5) is 2.48. The molecule has 0 aliphatic carbocycles. The van der Waals surface area contributed by atoms with E-state index in [0.717, 1.165) is 31.5 Å². The van der Waals surface area contributed by atoms with E-state index in [1.54, 1.807) is 12.1 Å². The van der Waals surface area contributed by atoms with Crippen molar-refractivity contribution in [2.45, 2.75) is 38.8 Å². The molecular formula is C15H23FN2.